The van der Waals surface area contributed by atoms with Crippen molar-refractivity contribution >= 4 is 46.4 Å². The van der Waals surface area contributed by atoms with Gasteiger partial charge in [0.25, 0.3) is 23.6 Å². The predicted molar refractivity (Wildman–Crippen MR) is 289 cm³/mol. The van der Waals surface area contributed by atoms with Gasteiger partial charge in [-0.3, -0.25) is 19.2 Å². The number of nitrogens with one attached hydrogen (secondary N) is 4. The molecule has 2 fully saturated rings. The van der Waals surface area contributed by atoms with Crippen molar-refractivity contribution in [1.29, 1.82) is 0 Å². The molecule has 2 aliphatic carbocycles. The van der Waals surface area contributed by atoms with Crippen LogP contribution in [0.3, 0.4) is 0 Å². The highest BCUT2D eigenvalue weighted by atomic mass is 16.5. The number of anilines is 4. The smallest absolute Gasteiger partial charge is 0.255 e. The van der Waals surface area contributed by atoms with Crippen molar-refractivity contribution in [2.45, 2.75) is 130 Å². The van der Waals surface area contributed by atoms with E-state index >= 15 is 0 Å². The van der Waals surface area contributed by atoms with Crippen LogP contribution in [0.1, 0.15) is 172 Å². The van der Waals surface area contributed by atoms with Gasteiger partial charge in [-0.2, -0.15) is 0 Å². The Morgan fingerprint density at radius 1 is 0.319 bits per heavy atom. The van der Waals surface area contributed by atoms with Crippen molar-refractivity contribution < 1.29 is 28.7 Å². The van der Waals surface area contributed by atoms with E-state index in [1.54, 1.807) is 36.4 Å². The first-order valence-electron chi connectivity index (χ1n) is 25.5. The fourth-order valence-corrected chi connectivity index (χ4v) is 12.2. The van der Waals surface area contributed by atoms with Crippen LogP contribution in [0.2, 0.25) is 0 Å². The monoisotopic (exact) mass is 965 g/mol. The van der Waals surface area contributed by atoms with Gasteiger partial charge in [0.15, 0.2) is 0 Å². The van der Waals surface area contributed by atoms with Gasteiger partial charge in [0.1, 0.15) is 11.5 Å². The van der Waals surface area contributed by atoms with Gasteiger partial charge in [0.05, 0.1) is 14.2 Å². The van der Waals surface area contributed by atoms with E-state index in [0.717, 1.165) is 131 Å². The van der Waals surface area contributed by atoms with Gasteiger partial charge in [-0.25, -0.2) is 0 Å². The van der Waals surface area contributed by atoms with Crippen LogP contribution in [0.25, 0.3) is 0 Å². The Kier molecular flexibility index (Phi) is 13.7. The molecule has 9 aliphatic rings. The van der Waals surface area contributed by atoms with Crippen LogP contribution < -0.4 is 30.7 Å². The number of ether oxygens (including phenoxy) is 2. The Morgan fingerprint density at radius 3 is 0.722 bits per heavy atom. The van der Waals surface area contributed by atoms with E-state index in [2.05, 4.69) is 69.8 Å². The normalized spacial score (nSPS) is 16.7. The largest absolute Gasteiger partial charge is 0.497 e. The SMILES string of the molecule is COc1cc2cc(c1)C(=O)Nc1c(C)cc(cc1C)C1(CCCCC1)c1cc(C)c(c(C)c1)NC(=O)c1cc(OC)cc(c1)C(=O)Nc1c(C)cc(cc1C)C1(CCCCC1)c1cc(C)c(c(C)c1)NC2=O. The second kappa shape index (κ2) is 19.8. The number of hydrogen-bond acceptors (Lipinski definition) is 6. The second-order valence-electron chi connectivity index (χ2n) is 20.9. The lowest BCUT2D eigenvalue weighted by molar-refractivity contribution is 0.101. The number of benzene rings is 6. The lowest BCUT2D eigenvalue weighted by Gasteiger charge is -2.40. The first-order valence-corrected chi connectivity index (χ1v) is 25.5. The van der Waals surface area contributed by atoms with Crippen LogP contribution in [0, 0.1) is 55.4 Å². The maximum Gasteiger partial charge on any atom is 0.255 e. The van der Waals surface area contributed by atoms with Crippen molar-refractivity contribution in [3.63, 3.8) is 0 Å². The Morgan fingerprint density at radius 2 is 0.528 bits per heavy atom. The number of carbonyl (C=O) groups is 4. The van der Waals surface area contributed by atoms with Gasteiger partial charge in [-0.05, 0) is 184 Å². The number of carbonyl (C=O) groups excluding carboxylic acids is 4. The molecule has 10 heteroatoms. The van der Waals surface area contributed by atoms with Crippen LogP contribution in [-0.2, 0) is 10.8 Å². The number of amides is 4. The maximum absolute atomic E-state index is 14.3. The molecule has 2 spiro atoms. The molecule has 7 heterocycles. The van der Waals surface area contributed by atoms with Crippen LogP contribution >= 0.6 is 0 Å². The van der Waals surface area contributed by atoms with E-state index < -0.39 is 0 Å². The molecule has 12 bridgehead atoms. The van der Waals surface area contributed by atoms with Crippen LogP contribution in [-0.4, -0.2) is 37.8 Å². The summed E-state index contributed by atoms with van der Waals surface area (Å²) in [7, 11) is 3.07. The highest BCUT2D eigenvalue weighted by Gasteiger charge is 2.39. The van der Waals surface area contributed by atoms with Gasteiger partial charge >= 0.3 is 0 Å². The van der Waals surface area contributed by atoms with Gasteiger partial charge in [-0.1, -0.05) is 87.1 Å². The lowest BCUT2D eigenvalue weighted by atomic mass is 9.64. The fourth-order valence-electron chi connectivity index (χ4n) is 12.2. The van der Waals surface area contributed by atoms with Gasteiger partial charge in [0.2, 0.25) is 0 Å². The molecule has 0 aromatic heterocycles. The van der Waals surface area contributed by atoms with Gasteiger partial charge < -0.3 is 30.7 Å². The molecule has 10 nitrogen and oxygen atoms in total. The molecule has 4 N–H and O–H groups in total. The van der Waals surface area contributed by atoms with Crippen molar-refractivity contribution in [2.75, 3.05) is 35.5 Å². The minimum Gasteiger partial charge on any atom is -0.497 e. The van der Waals surface area contributed by atoms with E-state index in [1.165, 1.54) is 36.5 Å². The number of hydrogen-bond donors (Lipinski definition) is 4. The number of methoxy groups -OCH3 is 2. The Balaban J connectivity index is 1.17. The zero-order valence-corrected chi connectivity index (χ0v) is 43.6. The summed E-state index contributed by atoms with van der Waals surface area (Å²) in [6.45, 7) is 16.3. The van der Waals surface area contributed by atoms with E-state index in [-0.39, 0.29) is 34.5 Å². The highest BCUT2D eigenvalue weighted by molar-refractivity contribution is 6.11. The molecule has 0 atom stereocenters. The van der Waals surface area contributed by atoms with Crippen LogP contribution in [0.4, 0.5) is 22.7 Å². The lowest BCUT2D eigenvalue weighted by Crippen LogP contribution is -2.31. The first kappa shape index (κ1) is 49.8. The molecule has 4 amide bonds. The Hall–Kier alpha value is -7.20. The van der Waals surface area contributed by atoms with E-state index in [1.807, 2.05) is 55.4 Å². The molecule has 6 aromatic carbocycles. The zero-order chi connectivity index (χ0) is 51.2. The Labute approximate surface area is 424 Å². The number of aryl methyl sites for hydroxylation is 8. The van der Waals surface area contributed by atoms with E-state index in [0.29, 0.717) is 33.8 Å². The molecule has 72 heavy (non-hydrogen) atoms. The predicted octanol–water partition coefficient (Wildman–Crippen LogP) is 14.0. The first-order chi connectivity index (χ1) is 34.4. The standard InChI is InChI=1S/C62H68N4O6/c1-35-21-47-22-36(2)53(35)63-57(67)43-29-44(32-51(31-43)71-9)58(68)65-55-39(5)25-49(26-40(55)6)62(19-15-12-16-20-62)50-27-41(7)56(42(8)28-50)66-60(70)46-30-45(33-52(34-46)72-10)59(69)64-54-37(3)23-48(24-38(54)4)61(47)17-13-11-14-18-61/h21-34H,11-20H2,1-10H3,(H,63,67)(H,64,69)(H,65,68)(H,66,70). The third kappa shape index (κ3) is 9.28. The minimum absolute atomic E-state index is 0.289. The third-order valence-electron chi connectivity index (χ3n) is 16.0. The average Bonchev–Trinajstić information content (AvgIpc) is 3.37. The molecule has 7 aliphatic heterocycles. The minimum atomic E-state index is -0.343. The second-order valence-corrected chi connectivity index (χ2v) is 20.9. The summed E-state index contributed by atoms with van der Waals surface area (Å²) >= 11 is 0. The molecule has 0 radical (unpaired) electrons. The van der Waals surface area contributed by atoms with Crippen molar-refractivity contribution in [1.82, 2.24) is 0 Å². The molecular formula is C62H68N4O6. The summed E-state index contributed by atoms with van der Waals surface area (Å²) < 4.78 is 11.3. The highest BCUT2D eigenvalue weighted by Crippen LogP contribution is 2.49. The maximum atomic E-state index is 14.3. The zero-order valence-electron chi connectivity index (χ0n) is 43.6. The third-order valence-corrected chi connectivity index (χ3v) is 16.0. The van der Waals surface area contributed by atoms with E-state index in [4.69, 9.17) is 9.47 Å². The van der Waals surface area contributed by atoms with E-state index in [9.17, 15) is 19.2 Å². The van der Waals surface area contributed by atoms with Crippen molar-refractivity contribution in [2.24, 2.45) is 0 Å². The average molecular weight is 965 g/mol. The molecule has 2 saturated carbocycles. The molecule has 15 rings (SSSR count). The summed E-state index contributed by atoms with van der Waals surface area (Å²) in [6, 6.07) is 27.6. The quantitative estimate of drug-likeness (QED) is 0.137. The summed E-state index contributed by atoms with van der Waals surface area (Å²) in [6.07, 6.45) is 10.4. The molecular weight excluding hydrogens is 897 g/mol. The van der Waals surface area contributed by atoms with Crippen LogP contribution in [0.5, 0.6) is 11.5 Å². The summed E-state index contributed by atoms with van der Waals surface area (Å²) in [5, 5.41) is 12.8. The molecule has 372 valence electrons. The van der Waals surface area contributed by atoms with Crippen molar-refractivity contribution in [3.8, 4) is 11.5 Å². The van der Waals surface area contributed by atoms with Gasteiger partial charge in [0, 0.05) is 55.8 Å². The topological polar surface area (TPSA) is 135 Å². The Bertz CT molecular complexity index is 2700. The summed E-state index contributed by atoms with van der Waals surface area (Å²) in [5.41, 5.74) is 15.8. The number of rotatable bonds is 2. The molecule has 6 aromatic rings. The summed E-state index contributed by atoms with van der Waals surface area (Å²) in [5.74, 6) is -0.571. The fraction of sp³-hybridized carbons (Fsp3) is 0.355. The van der Waals surface area contributed by atoms with Gasteiger partial charge in [-0.15, -0.1) is 0 Å². The van der Waals surface area contributed by atoms with Crippen LogP contribution in [0.15, 0.2) is 84.9 Å². The summed E-state index contributed by atoms with van der Waals surface area (Å²) in [4.78, 5) is 57.1. The van der Waals surface area contributed by atoms with Crippen molar-refractivity contribution in [3.05, 3.63) is 174 Å². The molecule has 0 unspecified atom stereocenters. The molecule has 0 saturated heterocycles.